The summed E-state index contributed by atoms with van der Waals surface area (Å²) in [5.74, 6) is 0. The number of fused-ring (bicyclic) bond motifs is 1. The van der Waals surface area contributed by atoms with Gasteiger partial charge in [0.1, 0.15) is 0 Å². The van der Waals surface area contributed by atoms with E-state index in [0.717, 1.165) is 23.7 Å². The maximum Gasteiger partial charge on any atom is 0.0654 e. The molecule has 0 amide bonds. The number of hydrogen-bond acceptors (Lipinski definition) is 2. The molecule has 0 aromatic heterocycles. The second kappa shape index (κ2) is 6.13. The first-order valence-corrected chi connectivity index (χ1v) is 8.40. The van der Waals surface area contributed by atoms with Crippen LogP contribution in [0.1, 0.15) is 32.6 Å². The molecule has 4 heteroatoms. The van der Waals surface area contributed by atoms with Gasteiger partial charge in [0, 0.05) is 30.2 Å². The van der Waals surface area contributed by atoms with E-state index in [2.05, 4.69) is 22.8 Å². The van der Waals surface area contributed by atoms with Crippen molar-refractivity contribution < 1.29 is 0 Å². The van der Waals surface area contributed by atoms with Crippen LogP contribution in [0.5, 0.6) is 0 Å². The van der Waals surface area contributed by atoms with Crippen molar-refractivity contribution in [3.8, 4) is 0 Å². The Hall–Kier alpha value is -0.440. The maximum atomic E-state index is 6.42. The molecule has 2 atom stereocenters. The maximum absolute atomic E-state index is 6.42. The van der Waals surface area contributed by atoms with Gasteiger partial charge < -0.3 is 4.90 Å². The van der Waals surface area contributed by atoms with Crippen LogP contribution in [-0.4, -0.2) is 36.6 Å². The summed E-state index contributed by atoms with van der Waals surface area (Å²) in [6.45, 7) is 5.80. The number of halogens is 2. The molecular formula is C16H22Cl2N2. The zero-order valence-corrected chi connectivity index (χ0v) is 13.5. The summed E-state index contributed by atoms with van der Waals surface area (Å²) in [4.78, 5) is 5.18. The van der Waals surface area contributed by atoms with Crippen LogP contribution >= 0.6 is 23.2 Å². The normalized spacial score (nSPS) is 27.4. The van der Waals surface area contributed by atoms with E-state index in [1.54, 1.807) is 0 Å². The minimum absolute atomic E-state index is 0.558. The molecular weight excluding hydrogens is 291 g/mol. The summed E-state index contributed by atoms with van der Waals surface area (Å²) >= 11 is 12.4. The van der Waals surface area contributed by atoms with Crippen molar-refractivity contribution in [2.45, 2.75) is 44.7 Å². The highest BCUT2D eigenvalue weighted by Gasteiger charge is 2.34. The van der Waals surface area contributed by atoms with Crippen LogP contribution in [-0.2, 0) is 0 Å². The van der Waals surface area contributed by atoms with Crippen LogP contribution in [0.2, 0.25) is 10.0 Å². The van der Waals surface area contributed by atoms with E-state index >= 15 is 0 Å². The molecule has 0 aliphatic carbocycles. The van der Waals surface area contributed by atoms with Gasteiger partial charge in [0.25, 0.3) is 0 Å². The number of benzene rings is 1. The fourth-order valence-corrected chi connectivity index (χ4v) is 4.13. The molecule has 2 nitrogen and oxygen atoms in total. The molecule has 2 fully saturated rings. The lowest BCUT2D eigenvalue weighted by atomic mass is 9.95. The first-order valence-electron chi connectivity index (χ1n) is 7.64. The highest BCUT2D eigenvalue weighted by Crippen LogP contribution is 2.34. The van der Waals surface area contributed by atoms with Crippen LogP contribution < -0.4 is 4.90 Å². The molecule has 2 unspecified atom stereocenters. The SMILES string of the molecule is CCC1CN2CCCCC2CN1c1ccc(Cl)cc1Cl. The van der Waals surface area contributed by atoms with Crippen molar-refractivity contribution in [2.24, 2.45) is 0 Å². The van der Waals surface area contributed by atoms with Crippen molar-refractivity contribution in [1.29, 1.82) is 0 Å². The Morgan fingerprint density at radius 1 is 1.20 bits per heavy atom. The first-order chi connectivity index (χ1) is 9.69. The predicted octanol–water partition coefficient (Wildman–Crippen LogP) is 4.45. The summed E-state index contributed by atoms with van der Waals surface area (Å²) < 4.78 is 0. The fourth-order valence-electron chi connectivity index (χ4n) is 3.61. The fraction of sp³-hybridized carbons (Fsp3) is 0.625. The zero-order chi connectivity index (χ0) is 14.1. The molecule has 3 rings (SSSR count). The van der Waals surface area contributed by atoms with Crippen molar-refractivity contribution in [2.75, 3.05) is 24.5 Å². The number of rotatable bonds is 2. The standard InChI is InChI=1S/C16H22Cl2N2/c1-2-13-10-19-8-4-3-5-14(19)11-20(13)16-7-6-12(17)9-15(16)18/h6-7,9,13-14H,2-5,8,10-11H2,1H3. The van der Waals surface area contributed by atoms with E-state index in [9.17, 15) is 0 Å². The van der Waals surface area contributed by atoms with Crippen molar-refractivity contribution in [1.82, 2.24) is 4.90 Å². The number of hydrogen-bond donors (Lipinski definition) is 0. The highest BCUT2D eigenvalue weighted by molar-refractivity contribution is 6.36. The monoisotopic (exact) mass is 312 g/mol. The molecule has 2 aliphatic heterocycles. The quantitative estimate of drug-likeness (QED) is 0.796. The van der Waals surface area contributed by atoms with Gasteiger partial charge in [0.15, 0.2) is 0 Å². The van der Waals surface area contributed by atoms with Gasteiger partial charge in [-0.15, -0.1) is 0 Å². The molecule has 110 valence electrons. The van der Waals surface area contributed by atoms with E-state index in [1.165, 1.54) is 32.4 Å². The summed E-state index contributed by atoms with van der Waals surface area (Å²) in [6, 6.07) is 7.13. The Labute approximate surface area is 131 Å². The van der Waals surface area contributed by atoms with Crippen LogP contribution in [0.25, 0.3) is 0 Å². The van der Waals surface area contributed by atoms with Crippen LogP contribution in [0.15, 0.2) is 18.2 Å². The molecule has 0 N–H and O–H groups in total. The lowest BCUT2D eigenvalue weighted by Crippen LogP contribution is -2.59. The summed E-state index contributed by atoms with van der Waals surface area (Å²) in [5.41, 5.74) is 1.15. The molecule has 2 saturated heterocycles. The molecule has 20 heavy (non-hydrogen) atoms. The van der Waals surface area contributed by atoms with Gasteiger partial charge in [-0.25, -0.2) is 0 Å². The Balaban J connectivity index is 1.86. The number of nitrogens with zero attached hydrogens (tertiary/aromatic N) is 2. The second-order valence-electron chi connectivity index (χ2n) is 5.95. The number of piperazine rings is 1. The third-order valence-corrected chi connectivity index (χ3v) is 5.27. The molecule has 0 radical (unpaired) electrons. The highest BCUT2D eigenvalue weighted by atomic mass is 35.5. The Morgan fingerprint density at radius 3 is 2.80 bits per heavy atom. The summed E-state index contributed by atoms with van der Waals surface area (Å²) in [7, 11) is 0. The topological polar surface area (TPSA) is 6.48 Å². The van der Waals surface area contributed by atoms with Gasteiger partial charge >= 0.3 is 0 Å². The first kappa shape index (κ1) is 14.5. The van der Waals surface area contributed by atoms with Gasteiger partial charge in [-0.05, 0) is 44.0 Å². The lowest BCUT2D eigenvalue weighted by molar-refractivity contribution is 0.111. The van der Waals surface area contributed by atoms with Gasteiger partial charge in [-0.3, -0.25) is 4.90 Å². The van der Waals surface area contributed by atoms with Crippen molar-refractivity contribution in [3.63, 3.8) is 0 Å². The number of anilines is 1. The Kier molecular flexibility index (Phi) is 4.44. The predicted molar refractivity (Wildman–Crippen MR) is 87.1 cm³/mol. The van der Waals surface area contributed by atoms with E-state index in [-0.39, 0.29) is 0 Å². The van der Waals surface area contributed by atoms with E-state index in [0.29, 0.717) is 17.1 Å². The smallest absolute Gasteiger partial charge is 0.0654 e. The van der Waals surface area contributed by atoms with Crippen LogP contribution in [0.3, 0.4) is 0 Å². The van der Waals surface area contributed by atoms with Gasteiger partial charge in [-0.1, -0.05) is 36.5 Å². The molecule has 0 bridgehead atoms. The Bertz CT molecular complexity index is 478. The van der Waals surface area contributed by atoms with Gasteiger partial charge in [0.05, 0.1) is 10.7 Å². The zero-order valence-electron chi connectivity index (χ0n) is 12.0. The van der Waals surface area contributed by atoms with Crippen molar-refractivity contribution >= 4 is 28.9 Å². The Morgan fingerprint density at radius 2 is 2.05 bits per heavy atom. The van der Waals surface area contributed by atoms with E-state index in [4.69, 9.17) is 23.2 Å². The van der Waals surface area contributed by atoms with Gasteiger partial charge in [-0.2, -0.15) is 0 Å². The average molecular weight is 313 g/mol. The summed E-state index contributed by atoms with van der Waals surface area (Å²) in [5, 5.41) is 1.49. The van der Waals surface area contributed by atoms with Crippen LogP contribution in [0.4, 0.5) is 5.69 Å². The minimum Gasteiger partial charge on any atom is -0.364 e. The lowest BCUT2D eigenvalue weighted by Gasteiger charge is -2.49. The van der Waals surface area contributed by atoms with Crippen molar-refractivity contribution in [3.05, 3.63) is 28.2 Å². The molecule has 2 heterocycles. The van der Waals surface area contributed by atoms with Crippen LogP contribution in [0, 0.1) is 0 Å². The third-order valence-electron chi connectivity index (χ3n) is 4.73. The number of piperidine rings is 1. The van der Waals surface area contributed by atoms with Gasteiger partial charge in [0.2, 0.25) is 0 Å². The summed E-state index contributed by atoms with van der Waals surface area (Å²) in [6.07, 6.45) is 5.19. The van der Waals surface area contributed by atoms with E-state index in [1.807, 2.05) is 12.1 Å². The molecule has 0 saturated carbocycles. The largest absolute Gasteiger partial charge is 0.364 e. The molecule has 1 aromatic rings. The minimum atomic E-state index is 0.558. The molecule has 0 spiro atoms. The third kappa shape index (κ3) is 2.79. The molecule has 1 aromatic carbocycles. The second-order valence-corrected chi connectivity index (χ2v) is 6.80. The average Bonchev–Trinajstić information content (AvgIpc) is 2.46. The molecule has 2 aliphatic rings. The van der Waals surface area contributed by atoms with E-state index < -0.39 is 0 Å².